The molecule has 0 saturated heterocycles. The summed E-state index contributed by atoms with van der Waals surface area (Å²) in [5.74, 6) is 1.21. The van der Waals surface area contributed by atoms with E-state index in [1.165, 1.54) is 24.4 Å². The van der Waals surface area contributed by atoms with E-state index in [1.54, 1.807) is 0 Å². The molecular weight excluding hydrogens is 174 g/mol. The summed E-state index contributed by atoms with van der Waals surface area (Å²) in [5.41, 5.74) is 1.25. The highest BCUT2D eigenvalue weighted by Gasteiger charge is 2.16. The highest BCUT2D eigenvalue weighted by molar-refractivity contribution is 5.08. The van der Waals surface area contributed by atoms with Crippen molar-refractivity contribution in [1.82, 2.24) is 14.9 Å². The average molecular weight is 193 g/mol. The van der Waals surface area contributed by atoms with E-state index in [9.17, 15) is 0 Å². The molecule has 0 aliphatic carbocycles. The number of aryl methyl sites for hydroxylation is 2. The minimum Gasteiger partial charge on any atom is -0.333 e. The molecule has 0 fully saturated rings. The number of hydrogen-bond acceptors (Lipinski definition) is 2. The van der Waals surface area contributed by atoms with Crippen LogP contribution < -0.4 is 5.32 Å². The number of hydrogen-bond donors (Lipinski definition) is 1. The van der Waals surface area contributed by atoms with Gasteiger partial charge in [-0.25, -0.2) is 4.98 Å². The predicted octanol–water partition coefficient (Wildman–Crippen LogP) is 1.89. The molecule has 78 valence electrons. The van der Waals surface area contributed by atoms with Crippen molar-refractivity contribution in [3.63, 3.8) is 0 Å². The number of imidazole rings is 1. The van der Waals surface area contributed by atoms with Gasteiger partial charge in [-0.15, -0.1) is 0 Å². The minimum atomic E-state index is 0.406. The Balaban J connectivity index is 2.24. The largest absolute Gasteiger partial charge is 0.333 e. The molecule has 3 heteroatoms. The number of nitrogens with zero attached hydrogens (tertiary/aromatic N) is 2. The smallest absolute Gasteiger partial charge is 0.125 e. The lowest BCUT2D eigenvalue weighted by atomic mass is 10.3. The van der Waals surface area contributed by atoms with Gasteiger partial charge in [-0.1, -0.05) is 13.3 Å². The first-order valence-electron chi connectivity index (χ1n) is 5.60. The molecule has 1 aromatic rings. The molecule has 0 radical (unpaired) electrons. The quantitative estimate of drug-likeness (QED) is 0.777. The Labute approximate surface area is 85.5 Å². The maximum atomic E-state index is 4.68. The van der Waals surface area contributed by atoms with Gasteiger partial charge in [-0.05, 0) is 26.3 Å². The van der Waals surface area contributed by atoms with Crippen LogP contribution in [0, 0.1) is 0 Å². The first kappa shape index (κ1) is 9.71. The standard InChI is InChI=1S/C11H19N3/c1-3-5-10-8-14-7-4-6-12-9(2)11(14)13-10/h8-9,12H,3-7H2,1-2H3. The maximum Gasteiger partial charge on any atom is 0.125 e. The summed E-state index contributed by atoms with van der Waals surface area (Å²) in [5, 5.41) is 3.47. The van der Waals surface area contributed by atoms with E-state index < -0.39 is 0 Å². The van der Waals surface area contributed by atoms with Gasteiger partial charge in [0.25, 0.3) is 0 Å². The summed E-state index contributed by atoms with van der Waals surface area (Å²) in [4.78, 5) is 4.68. The van der Waals surface area contributed by atoms with Crippen molar-refractivity contribution in [2.24, 2.45) is 0 Å². The van der Waals surface area contributed by atoms with Crippen LogP contribution in [0.4, 0.5) is 0 Å². The van der Waals surface area contributed by atoms with Crippen molar-refractivity contribution in [3.8, 4) is 0 Å². The number of nitrogens with one attached hydrogen (secondary N) is 1. The van der Waals surface area contributed by atoms with E-state index in [0.717, 1.165) is 19.5 Å². The van der Waals surface area contributed by atoms with Gasteiger partial charge in [-0.2, -0.15) is 0 Å². The molecule has 1 aliphatic rings. The second-order valence-corrected chi connectivity index (χ2v) is 4.06. The third-order valence-corrected chi connectivity index (χ3v) is 2.78. The van der Waals surface area contributed by atoms with Crippen molar-refractivity contribution < 1.29 is 0 Å². The van der Waals surface area contributed by atoms with Gasteiger partial charge in [0.1, 0.15) is 5.82 Å². The van der Waals surface area contributed by atoms with E-state index in [0.29, 0.717) is 6.04 Å². The van der Waals surface area contributed by atoms with E-state index in [4.69, 9.17) is 0 Å². The summed E-state index contributed by atoms with van der Waals surface area (Å²) < 4.78 is 2.32. The number of aromatic nitrogens is 2. The summed E-state index contributed by atoms with van der Waals surface area (Å²) in [7, 11) is 0. The zero-order chi connectivity index (χ0) is 9.97. The SMILES string of the molecule is CCCc1cn2c(n1)C(C)NCCC2. The molecule has 2 rings (SSSR count). The van der Waals surface area contributed by atoms with Crippen LogP contribution in [-0.4, -0.2) is 16.1 Å². The molecular formula is C11H19N3. The minimum absolute atomic E-state index is 0.406. The van der Waals surface area contributed by atoms with Gasteiger partial charge < -0.3 is 9.88 Å². The molecule has 0 bridgehead atoms. The Bertz CT molecular complexity index is 303. The summed E-state index contributed by atoms with van der Waals surface area (Å²) in [6, 6.07) is 0.406. The molecule has 14 heavy (non-hydrogen) atoms. The topological polar surface area (TPSA) is 29.9 Å². The molecule has 0 amide bonds. The van der Waals surface area contributed by atoms with Gasteiger partial charge in [0, 0.05) is 12.7 Å². The maximum absolute atomic E-state index is 4.68. The van der Waals surface area contributed by atoms with E-state index in [-0.39, 0.29) is 0 Å². The predicted molar refractivity (Wildman–Crippen MR) is 57.3 cm³/mol. The molecule has 3 nitrogen and oxygen atoms in total. The van der Waals surface area contributed by atoms with Crippen LogP contribution in [0.1, 0.15) is 44.2 Å². The normalized spacial score (nSPS) is 21.7. The first-order valence-corrected chi connectivity index (χ1v) is 5.60. The molecule has 1 aliphatic heterocycles. The fourth-order valence-corrected chi connectivity index (χ4v) is 2.05. The molecule has 2 heterocycles. The van der Waals surface area contributed by atoms with Crippen molar-refractivity contribution in [3.05, 3.63) is 17.7 Å². The summed E-state index contributed by atoms with van der Waals surface area (Å²) in [6.07, 6.45) is 5.71. The van der Waals surface area contributed by atoms with Gasteiger partial charge in [0.15, 0.2) is 0 Å². The van der Waals surface area contributed by atoms with Gasteiger partial charge in [0.2, 0.25) is 0 Å². The van der Waals surface area contributed by atoms with Crippen LogP contribution in [0.15, 0.2) is 6.20 Å². The zero-order valence-electron chi connectivity index (χ0n) is 9.08. The van der Waals surface area contributed by atoms with Crippen molar-refractivity contribution >= 4 is 0 Å². The zero-order valence-corrected chi connectivity index (χ0v) is 9.08. The molecule has 1 aromatic heterocycles. The Morgan fingerprint density at radius 3 is 3.29 bits per heavy atom. The Morgan fingerprint density at radius 1 is 1.64 bits per heavy atom. The number of fused-ring (bicyclic) bond motifs is 1. The second-order valence-electron chi connectivity index (χ2n) is 4.06. The lowest BCUT2D eigenvalue weighted by Gasteiger charge is -2.08. The Hall–Kier alpha value is -0.830. The summed E-state index contributed by atoms with van der Waals surface area (Å²) >= 11 is 0. The van der Waals surface area contributed by atoms with E-state index in [1.807, 2.05) is 0 Å². The molecule has 0 aromatic carbocycles. The third kappa shape index (κ3) is 1.82. The second kappa shape index (κ2) is 4.13. The fourth-order valence-electron chi connectivity index (χ4n) is 2.05. The van der Waals surface area contributed by atoms with E-state index >= 15 is 0 Å². The Morgan fingerprint density at radius 2 is 2.50 bits per heavy atom. The van der Waals surface area contributed by atoms with Crippen LogP contribution in [0.25, 0.3) is 0 Å². The Kier molecular flexibility index (Phi) is 2.87. The van der Waals surface area contributed by atoms with Gasteiger partial charge >= 0.3 is 0 Å². The number of rotatable bonds is 2. The molecule has 1 N–H and O–H groups in total. The van der Waals surface area contributed by atoms with Crippen LogP contribution in [0.3, 0.4) is 0 Å². The van der Waals surface area contributed by atoms with Crippen molar-refractivity contribution in [2.45, 2.75) is 45.7 Å². The molecule has 0 spiro atoms. The molecule has 1 unspecified atom stereocenters. The first-order chi connectivity index (χ1) is 6.81. The molecule has 0 saturated carbocycles. The van der Waals surface area contributed by atoms with Crippen LogP contribution in [0.5, 0.6) is 0 Å². The van der Waals surface area contributed by atoms with Crippen LogP contribution >= 0.6 is 0 Å². The fraction of sp³-hybridized carbons (Fsp3) is 0.727. The lowest BCUT2D eigenvalue weighted by molar-refractivity contribution is 0.569. The van der Waals surface area contributed by atoms with Gasteiger partial charge in [0.05, 0.1) is 11.7 Å². The van der Waals surface area contributed by atoms with Crippen molar-refractivity contribution in [2.75, 3.05) is 6.54 Å². The van der Waals surface area contributed by atoms with Crippen molar-refractivity contribution in [1.29, 1.82) is 0 Å². The van der Waals surface area contributed by atoms with Gasteiger partial charge in [-0.3, -0.25) is 0 Å². The molecule has 1 atom stereocenters. The highest BCUT2D eigenvalue weighted by Crippen LogP contribution is 2.16. The third-order valence-electron chi connectivity index (χ3n) is 2.78. The summed E-state index contributed by atoms with van der Waals surface area (Å²) in [6.45, 7) is 6.61. The average Bonchev–Trinajstić information content (AvgIpc) is 2.49. The van der Waals surface area contributed by atoms with E-state index in [2.05, 4.69) is 34.9 Å². The highest BCUT2D eigenvalue weighted by atomic mass is 15.1. The van der Waals surface area contributed by atoms with Crippen LogP contribution in [-0.2, 0) is 13.0 Å². The van der Waals surface area contributed by atoms with Crippen LogP contribution in [0.2, 0.25) is 0 Å². The lowest BCUT2D eigenvalue weighted by Crippen LogP contribution is -2.18. The monoisotopic (exact) mass is 193 g/mol.